The zero-order chi connectivity index (χ0) is 21.0. The Morgan fingerprint density at radius 3 is 2.70 bits per heavy atom. The van der Waals surface area contributed by atoms with Crippen molar-refractivity contribution in [1.82, 2.24) is 15.6 Å². The Kier molecular flexibility index (Phi) is 8.14. The Hall–Kier alpha value is -3.48. The van der Waals surface area contributed by atoms with Crippen LogP contribution in [0.1, 0.15) is 24.7 Å². The standard InChI is InChI=1S/C23H28N4O3/c1-3-15-29-20-10-4-5-11-21(20)30-22-18(8-6-13-25-22)17-27-23(24-2)26-14-12-19-9-7-16-28-19/h4-11,13,16H,3,12,14-15,17H2,1-2H3,(H2,24,26,27). The van der Waals surface area contributed by atoms with Crippen molar-refractivity contribution >= 4 is 5.96 Å². The smallest absolute Gasteiger partial charge is 0.224 e. The number of rotatable bonds is 10. The van der Waals surface area contributed by atoms with Crippen molar-refractivity contribution in [2.24, 2.45) is 4.99 Å². The summed E-state index contributed by atoms with van der Waals surface area (Å²) in [7, 11) is 1.74. The second-order valence-corrected chi connectivity index (χ2v) is 6.55. The first-order valence-electron chi connectivity index (χ1n) is 10.1. The van der Waals surface area contributed by atoms with E-state index in [0.717, 1.165) is 24.2 Å². The number of nitrogens with zero attached hydrogens (tertiary/aromatic N) is 2. The van der Waals surface area contributed by atoms with Crippen molar-refractivity contribution in [3.8, 4) is 17.4 Å². The summed E-state index contributed by atoms with van der Waals surface area (Å²) in [5, 5.41) is 6.57. The lowest BCUT2D eigenvalue weighted by Gasteiger charge is -2.15. The summed E-state index contributed by atoms with van der Waals surface area (Å²) in [5.74, 6) is 3.52. The van der Waals surface area contributed by atoms with Gasteiger partial charge in [-0.3, -0.25) is 4.99 Å². The van der Waals surface area contributed by atoms with Crippen molar-refractivity contribution in [1.29, 1.82) is 0 Å². The molecule has 30 heavy (non-hydrogen) atoms. The van der Waals surface area contributed by atoms with Crippen LogP contribution in [-0.2, 0) is 13.0 Å². The first-order valence-corrected chi connectivity index (χ1v) is 10.1. The van der Waals surface area contributed by atoms with Gasteiger partial charge in [-0.25, -0.2) is 4.98 Å². The van der Waals surface area contributed by atoms with Crippen molar-refractivity contribution in [3.05, 3.63) is 72.3 Å². The van der Waals surface area contributed by atoms with Crippen LogP contribution in [0.25, 0.3) is 0 Å². The Morgan fingerprint density at radius 1 is 1.07 bits per heavy atom. The lowest BCUT2D eigenvalue weighted by molar-refractivity contribution is 0.300. The minimum Gasteiger partial charge on any atom is -0.490 e. The molecule has 0 radical (unpaired) electrons. The molecule has 2 aromatic heterocycles. The highest BCUT2D eigenvalue weighted by molar-refractivity contribution is 5.79. The average Bonchev–Trinajstić information content (AvgIpc) is 3.30. The second kappa shape index (κ2) is 11.5. The number of guanidine groups is 1. The van der Waals surface area contributed by atoms with E-state index in [1.807, 2.05) is 48.5 Å². The van der Waals surface area contributed by atoms with Crippen LogP contribution in [0.5, 0.6) is 17.4 Å². The minimum atomic E-state index is 0.515. The number of hydrogen-bond acceptors (Lipinski definition) is 5. The van der Waals surface area contributed by atoms with Crippen LogP contribution in [0.2, 0.25) is 0 Å². The van der Waals surface area contributed by atoms with Crippen LogP contribution in [0.15, 0.2) is 70.4 Å². The molecular formula is C23H28N4O3. The molecule has 0 saturated heterocycles. The second-order valence-electron chi connectivity index (χ2n) is 6.55. The maximum atomic E-state index is 6.08. The molecule has 0 aliphatic carbocycles. The molecule has 158 valence electrons. The average molecular weight is 409 g/mol. The monoisotopic (exact) mass is 408 g/mol. The summed E-state index contributed by atoms with van der Waals surface area (Å²) in [6.07, 6.45) is 5.10. The Bertz CT molecular complexity index is 926. The van der Waals surface area contributed by atoms with Crippen LogP contribution in [0.4, 0.5) is 0 Å². The van der Waals surface area contributed by atoms with Crippen LogP contribution < -0.4 is 20.1 Å². The zero-order valence-corrected chi connectivity index (χ0v) is 17.4. The zero-order valence-electron chi connectivity index (χ0n) is 17.4. The molecule has 0 saturated carbocycles. The largest absolute Gasteiger partial charge is 0.490 e. The van der Waals surface area contributed by atoms with Crippen molar-refractivity contribution in [2.45, 2.75) is 26.3 Å². The Labute approximate surface area is 177 Å². The number of furan rings is 1. The molecule has 7 heteroatoms. The number of ether oxygens (including phenoxy) is 2. The highest BCUT2D eigenvalue weighted by Gasteiger charge is 2.11. The van der Waals surface area contributed by atoms with Crippen molar-refractivity contribution in [2.75, 3.05) is 20.2 Å². The number of para-hydroxylation sites is 2. The molecular weight excluding hydrogens is 380 g/mol. The van der Waals surface area contributed by atoms with Gasteiger partial charge < -0.3 is 24.5 Å². The van der Waals surface area contributed by atoms with Gasteiger partial charge in [0.25, 0.3) is 0 Å². The van der Waals surface area contributed by atoms with E-state index in [1.165, 1.54) is 0 Å². The molecule has 2 N–H and O–H groups in total. The lowest BCUT2D eigenvalue weighted by atomic mass is 10.2. The fourth-order valence-electron chi connectivity index (χ4n) is 2.78. The van der Waals surface area contributed by atoms with Gasteiger partial charge >= 0.3 is 0 Å². The van der Waals surface area contributed by atoms with Crippen LogP contribution in [-0.4, -0.2) is 31.1 Å². The van der Waals surface area contributed by atoms with Gasteiger partial charge in [0.05, 0.1) is 12.9 Å². The summed E-state index contributed by atoms with van der Waals surface area (Å²) in [5.41, 5.74) is 0.914. The highest BCUT2D eigenvalue weighted by atomic mass is 16.5. The topological polar surface area (TPSA) is 80.9 Å². The van der Waals surface area contributed by atoms with E-state index in [-0.39, 0.29) is 0 Å². The van der Waals surface area contributed by atoms with Gasteiger partial charge in [-0.05, 0) is 36.8 Å². The first-order chi connectivity index (χ1) is 14.8. The number of nitrogens with one attached hydrogen (secondary N) is 2. The predicted molar refractivity (Wildman–Crippen MR) is 117 cm³/mol. The van der Waals surface area contributed by atoms with Crippen LogP contribution >= 0.6 is 0 Å². The number of benzene rings is 1. The molecule has 0 aliphatic rings. The number of pyridine rings is 1. The lowest BCUT2D eigenvalue weighted by Crippen LogP contribution is -2.37. The van der Waals surface area contributed by atoms with Crippen molar-refractivity contribution in [3.63, 3.8) is 0 Å². The summed E-state index contributed by atoms with van der Waals surface area (Å²) < 4.78 is 17.2. The van der Waals surface area contributed by atoms with Gasteiger partial charge in [-0.2, -0.15) is 0 Å². The van der Waals surface area contributed by atoms with E-state index in [1.54, 1.807) is 19.5 Å². The molecule has 7 nitrogen and oxygen atoms in total. The fraction of sp³-hybridized carbons (Fsp3) is 0.304. The highest BCUT2D eigenvalue weighted by Crippen LogP contribution is 2.31. The third-order valence-corrected chi connectivity index (χ3v) is 4.28. The summed E-state index contributed by atoms with van der Waals surface area (Å²) in [4.78, 5) is 8.67. The molecule has 0 bridgehead atoms. The number of hydrogen-bond donors (Lipinski definition) is 2. The van der Waals surface area contributed by atoms with E-state index >= 15 is 0 Å². The number of aliphatic imine (C=N–C) groups is 1. The predicted octanol–water partition coefficient (Wildman–Crippen LogP) is 4.16. The minimum absolute atomic E-state index is 0.515. The van der Waals surface area contributed by atoms with Crippen LogP contribution in [0, 0.1) is 0 Å². The SMILES string of the molecule is CCCOc1ccccc1Oc1ncccc1CNC(=NC)NCCc1ccco1. The summed E-state index contributed by atoms with van der Waals surface area (Å²) in [6.45, 7) is 3.94. The van der Waals surface area contributed by atoms with E-state index < -0.39 is 0 Å². The number of aromatic nitrogens is 1. The van der Waals surface area contributed by atoms with Gasteiger partial charge in [-0.1, -0.05) is 25.1 Å². The quantitative estimate of drug-likeness (QED) is 0.387. The molecule has 3 rings (SSSR count). The van der Waals surface area contributed by atoms with E-state index in [4.69, 9.17) is 13.9 Å². The Balaban J connectivity index is 1.59. The third kappa shape index (κ3) is 6.27. The van der Waals surface area contributed by atoms with Crippen LogP contribution in [0.3, 0.4) is 0 Å². The Morgan fingerprint density at radius 2 is 1.93 bits per heavy atom. The van der Waals surface area contributed by atoms with Gasteiger partial charge in [0, 0.05) is 38.3 Å². The summed E-state index contributed by atoms with van der Waals surface area (Å²) >= 11 is 0. The molecule has 0 fully saturated rings. The molecule has 0 atom stereocenters. The van der Waals surface area contributed by atoms with Gasteiger partial charge in [0.15, 0.2) is 17.5 Å². The molecule has 2 heterocycles. The van der Waals surface area contributed by atoms with Crippen molar-refractivity contribution < 1.29 is 13.9 Å². The third-order valence-electron chi connectivity index (χ3n) is 4.28. The van der Waals surface area contributed by atoms with E-state index in [0.29, 0.717) is 43.0 Å². The molecule has 0 amide bonds. The first kappa shape index (κ1) is 21.2. The maximum Gasteiger partial charge on any atom is 0.224 e. The van der Waals surface area contributed by atoms with Gasteiger partial charge in [-0.15, -0.1) is 0 Å². The molecule has 0 aliphatic heterocycles. The van der Waals surface area contributed by atoms with Gasteiger partial charge in [0.1, 0.15) is 5.76 Å². The van der Waals surface area contributed by atoms with Gasteiger partial charge in [0.2, 0.25) is 5.88 Å². The molecule has 3 aromatic rings. The molecule has 0 spiro atoms. The normalized spacial score (nSPS) is 11.2. The van der Waals surface area contributed by atoms with E-state index in [2.05, 4.69) is 27.5 Å². The molecule has 1 aromatic carbocycles. The maximum absolute atomic E-state index is 6.08. The summed E-state index contributed by atoms with van der Waals surface area (Å²) in [6, 6.07) is 15.3. The fourth-order valence-corrected chi connectivity index (χ4v) is 2.78. The van der Waals surface area contributed by atoms with E-state index in [9.17, 15) is 0 Å². The molecule has 0 unspecified atom stereocenters.